The maximum absolute atomic E-state index is 12.2. The molecule has 130 valence electrons. The standard InChI is InChI=1S/C14H19N5O3S2/c1-9-4-6-11(7-5-9)19(24(3,21)22)8-12(20)16-10(2)13-17-18-14(15)23-13/h4-7,10H,8H2,1-3H3,(H2,15,18)(H,16,20)/t10-/m0/s1. The molecule has 0 saturated heterocycles. The van der Waals surface area contributed by atoms with Crippen molar-refractivity contribution in [2.45, 2.75) is 19.9 Å². The highest BCUT2D eigenvalue weighted by Crippen LogP contribution is 2.20. The van der Waals surface area contributed by atoms with Crippen LogP contribution in [0, 0.1) is 6.92 Å². The van der Waals surface area contributed by atoms with Gasteiger partial charge in [-0.1, -0.05) is 29.0 Å². The monoisotopic (exact) mass is 369 g/mol. The molecule has 1 amide bonds. The summed E-state index contributed by atoms with van der Waals surface area (Å²) in [6.07, 6.45) is 1.06. The van der Waals surface area contributed by atoms with Crippen LogP contribution in [-0.2, 0) is 14.8 Å². The number of sulfonamides is 1. The number of amides is 1. The number of anilines is 2. The Labute approximate surface area is 144 Å². The molecule has 0 unspecified atom stereocenters. The van der Waals surface area contributed by atoms with Gasteiger partial charge in [0.1, 0.15) is 11.6 Å². The van der Waals surface area contributed by atoms with E-state index in [1.165, 1.54) is 11.3 Å². The number of nitrogen functional groups attached to an aromatic ring is 1. The maximum Gasteiger partial charge on any atom is 0.241 e. The van der Waals surface area contributed by atoms with Crippen molar-refractivity contribution in [1.82, 2.24) is 15.5 Å². The predicted molar refractivity (Wildman–Crippen MR) is 94.2 cm³/mol. The van der Waals surface area contributed by atoms with Gasteiger partial charge in [0.05, 0.1) is 18.0 Å². The lowest BCUT2D eigenvalue weighted by Crippen LogP contribution is -2.41. The Bertz CT molecular complexity index is 817. The number of benzene rings is 1. The van der Waals surface area contributed by atoms with Crippen LogP contribution in [0.15, 0.2) is 24.3 Å². The number of carbonyl (C=O) groups is 1. The van der Waals surface area contributed by atoms with Crippen molar-refractivity contribution in [3.8, 4) is 0 Å². The fourth-order valence-corrected chi connectivity index (χ4v) is 3.48. The van der Waals surface area contributed by atoms with Crippen LogP contribution in [0.5, 0.6) is 0 Å². The summed E-state index contributed by atoms with van der Waals surface area (Å²) in [5, 5.41) is 11.1. The minimum atomic E-state index is -3.60. The molecular weight excluding hydrogens is 350 g/mol. The average Bonchev–Trinajstić information content (AvgIpc) is 2.91. The number of nitrogens with two attached hydrogens (primary N) is 1. The first-order chi connectivity index (χ1) is 11.2. The number of nitrogens with one attached hydrogen (secondary N) is 1. The summed E-state index contributed by atoms with van der Waals surface area (Å²) in [6.45, 7) is 3.31. The number of hydrogen-bond donors (Lipinski definition) is 2. The summed E-state index contributed by atoms with van der Waals surface area (Å²) < 4.78 is 25.1. The molecule has 0 aliphatic carbocycles. The van der Waals surface area contributed by atoms with Crippen molar-refractivity contribution in [2.75, 3.05) is 22.8 Å². The zero-order chi connectivity index (χ0) is 17.9. The number of carbonyl (C=O) groups excluding carboxylic acids is 1. The first kappa shape index (κ1) is 18.1. The van der Waals surface area contributed by atoms with Crippen molar-refractivity contribution in [2.24, 2.45) is 0 Å². The second-order valence-electron chi connectivity index (χ2n) is 5.37. The van der Waals surface area contributed by atoms with Gasteiger partial charge >= 0.3 is 0 Å². The SMILES string of the molecule is Cc1ccc(N(CC(=O)N[C@@H](C)c2nnc(N)s2)S(C)(=O)=O)cc1. The molecule has 8 nitrogen and oxygen atoms in total. The first-order valence-corrected chi connectivity index (χ1v) is 9.76. The van der Waals surface area contributed by atoms with Crippen molar-refractivity contribution < 1.29 is 13.2 Å². The van der Waals surface area contributed by atoms with E-state index < -0.39 is 22.0 Å². The predicted octanol–water partition coefficient (Wildman–Crippen LogP) is 1.07. The molecule has 2 rings (SSSR count). The zero-order valence-corrected chi connectivity index (χ0v) is 15.2. The van der Waals surface area contributed by atoms with E-state index in [1.807, 2.05) is 6.92 Å². The molecule has 0 aliphatic rings. The normalized spacial score (nSPS) is 12.6. The molecule has 24 heavy (non-hydrogen) atoms. The van der Waals surface area contributed by atoms with Gasteiger partial charge in [-0.25, -0.2) is 8.42 Å². The van der Waals surface area contributed by atoms with Gasteiger partial charge in [-0.15, -0.1) is 10.2 Å². The van der Waals surface area contributed by atoms with Crippen LogP contribution in [0.2, 0.25) is 0 Å². The van der Waals surface area contributed by atoms with E-state index in [0.717, 1.165) is 16.1 Å². The molecule has 1 aromatic heterocycles. The first-order valence-electron chi connectivity index (χ1n) is 7.09. The molecule has 0 saturated carbocycles. The van der Waals surface area contributed by atoms with Crippen molar-refractivity contribution >= 4 is 38.1 Å². The van der Waals surface area contributed by atoms with Crippen LogP contribution in [0.25, 0.3) is 0 Å². The van der Waals surface area contributed by atoms with Gasteiger partial charge in [-0.3, -0.25) is 9.10 Å². The zero-order valence-electron chi connectivity index (χ0n) is 13.6. The molecule has 0 radical (unpaired) electrons. The van der Waals surface area contributed by atoms with E-state index >= 15 is 0 Å². The largest absolute Gasteiger partial charge is 0.374 e. The Hall–Kier alpha value is -2.20. The molecule has 2 aromatic rings. The van der Waals surface area contributed by atoms with Crippen LogP contribution in [-0.4, -0.2) is 37.3 Å². The van der Waals surface area contributed by atoms with Crippen LogP contribution < -0.4 is 15.4 Å². The molecule has 0 spiro atoms. The Kier molecular flexibility index (Phi) is 5.40. The van der Waals surface area contributed by atoms with Crippen molar-refractivity contribution in [3.63, 3.8) is 0 Å². The van der Waals surface area contributed by atoms with Gasteiger partial charge in [0.25, 0.3) is 0 Å². The molecule has 1 aromatic carbocycles. The molecule has 3 N–H and O–H groups in total. The highest BCUT2D eigenvalue weighted by atomic mass is 32.2. The van der Waals surface area contributed by atoms with Crippen LogP contribution >= 0.6 is 11.3 Å². The highest BCUT2D eigenvalue weighted by molar-refractivity contribution is 7.92. The number of aromatic nitrogens is 2. The Balaban J connectivity index is 2.12. The van der Waals surface area contributed by atoms with Gasteiger partial charge in [0.2, 0.25) is 21.1 Å². The van der Waals surface area contributed by atoms with Gasteiger partial charge in [0, 0.05) is 0 Å². The second kappa shape index (κ2) is 7.14. The molecule has 10 heteroatoms. The minimum absolute atomic E-state index is 0.309. The number of hydrogen-bond acceptors (Lipinski definition) is 7. The van der Waals surface area contributed by atoms with Crippen LogP contribution in [0.1, 0.15) is 23.5 Å². The summed E-state index contributed by atoms with van der Waals surface area (Å²) in [7, 11) is -3.60. The molecule has 0 bridgehead atoms. The molecule has 0 fully saturated rings. The lowest BCUT2D eigenvalue weighted by Gasteiger charge is -2.22. The number of nitrogens with zero attached hydrogens (tertiary/aromatic N) is 3. The van der Waals surface area contributed by atoms with E-state index in [4.69, 9.17) is 5.73 Å². The van der Waals surface area contributed by atoms with E-state index in [9.17, 15) is 13.2 Å². The van der Waals surface area contributed by atoms with Crippen LogP contribution in [0.4, 0.5) is 10.8 Å². The fraction of sp³-hybridized carbons (Fsp3) is 0.357. The lowest BCUT2D eigenvalue weighted by molar-refractivity contribution is -0.120. The maximum atomic E-state index is 12.2. The van der Waals surface area contributed by atoms with E-state index in [2.05, 4.69) is 15.5 Å². The van der Waals surface area contributed by atoms with Gasteiger partial charge in [-0.05, 0) is 26.0 Å². The average molecular weight is 369 g/mol. The molecule has 1 heterocycles. The number of aryl methyl sites for hydroxylation is 1. The number of rotatable bonds is 6. The van der Waals surface area contributed by atoms with E-state index in [1.54, 1.807) is 31.2 Å². The highest BCUT2D eigenvalue weighted by Gasteiger charge is 2.22. The summed E-state index contributed by atoms with van der Waals surface area (Å²) >= 11 is 1.17. The van der Waals surface area contributed by atoms with Gasteiger partial charge in [0.15, 0.2) is 0 Å². The topological polar surface area (TPSA) is 118 Å². The minimum Gasteiger partial charge on any atom is -0.374 e. The van der Waals surface area contributed by atoms with Gasteiger partial charge in [-0.2, -0.15) is 0 Å². The Morgan fingerprint density at radius 2 is 1.96 bits per heavy atom. The molecule has 1 atom stereocenters. The summed E-state index contributed by atoms with van der Waals surface area (Å²) in [6, 6.07) is 6.50. The third kappa shape index (κ3) is 4.65. The summed E-state index contributed by atoms with van der Waals surface area (Å²) in [4.78, 5) is 12.2. The van der Waals surface area contributed by atoms with Crippen molar-refractivity contribution in [3.05, 3.63) is 34.8 Å². The Morgan fingerprint density at radius 1 is 1.33 bits per heavy atom. The molecule has 0 aliphatic heterocycles. The molecular formula is C14H19N5O3S2. The van der Waals surface area contributed by atoms with E-state index in [0.29, 0.717) is 15.8 Å². The smallest absolute Gasteiger partial charge is 0.241 e. The van der Waals surface area contributed by atoms with Crippen molar-refractivity contribution in [1.29, 1.82) is 0 Å². The Morgan fingerprint density at radius 3 is 2.46 bits per heavy atom. The summed E-state index contributed by atoms with van der Waals surface area (Å²) in [5.74, 6) is -0.442. The second-order valence-corrected chi connectivity index (χ2v) is 8.32. The third-order valence-corrected chi connectivity index (χ3v) is 5.29. The van der Waals surface area contributed by atoms with Crippen LogP contribution in [0.3, 0.4) is 0 Å². The fourth-order valence-electron chi connectivity index (χ4n) is 2.01. The van der Waals surface area contributed by atoms with Gasteiger partial charge < -0.3 is 11.1 Å². The quantitative estimate of drug-likeness (QED) is 0.786. The summed E-state index contributed by atoms with van der Waals surface area (Å²) in [5.41, 5.74) is 6.95. The third-order valence-electron chi connectivity index (χ3n) is 3.21. The lowest BCUT2D eigenvalue weighted by atomic mass is 10.2. The van der Waals surface area contributed by atoms with E-state index in [-0.39, 0.29) is 6.54 Å².